The number of hydrogen-bond donors (Lipinski definition) is 0. The lowest BCUT2D eigenvalue weighted by atomic mass is 10.1. The van der Waals surface area contributed by atoms with Crippen molar-refractivity contribution in [2.45, 2.75) is 60.3 Å². The molecule has 0 saturated heterocycles. The van der Waals surface area contributed by atoms with Gasteiger partial charge in [-0.05, 0) is 12.3 Å². The molecule has 0 aromatic rings. The quantitative estimate of drug-likeness (QED) is 0.570. The second-order valence-electron chi connectivity index (χ2n) is 4.51. The molecule has 0 aliphatic rings. The molecular weight excluding hydrogens is 264 g/mol. The van der Waals surface area contributed by atoms with Crippen LogP contribution >= 0.6 is 0 Å². The molecule has 0 N–H and O–H groups in total. The van der Waals surface area contributed by atoms with Gasteiger partial charge >= 0.3 is 23.9 Å². The van der Waals surface area contributed by atoms with Gasteiger partial charge in [-0.3, -0.25) is 19.2 Å². The molecule has 116 valence electrons. The fourth-order valence-electron chi connectivity index (χ4n) is 0.990. The van der Waals surface area contributed by atoms with E-state index in [1.165, 1.54) is 6.92 Å². The van der Waals surface area contributed by atoms with Crippen LogP contribution in [0.3, 0.4) is 0 Å². The molecule has 0 radical (unpaired) electrons. The number of ether oxygens (including phenoxy) is 2. The highest BCUT2D eigenvalue weighted by atomic mass is 16.6. The Balaban J connectivity index is 0. The first kappa shape index (κ1) is 20.6. The third kappa shape index (κ3) is 16.3. The number of carbonyl (C=O) groups is 4. The van der Waals surface area contributed by atoms with Crippen molar-refractivity contribution in [3.8, 4) is 0 Å². The fourth-order valence-corrected chi connectivity index (χ4v) is 0.990. The summed E-state index contributed by atoms with van der Waals surface area (Å²) in [7, 11) is 0. The predicted octanol–water partition coefficient (Wildman–Crippen LogP) is 2.39. The third-order valence-corrected chi connectivity index (χ3v) is 1.80. The maximum Gasteiger partial charge on any atom is 0.313 e. The summed E-state index contributed by atoms with van der Waals surface area (Å²) in [5.74, 6) is -1.60. The van der Waals surface area contributed by atoms with Crippen molar-refractivity contribution < 1.29 is 28.7 Å². The predicted molar refractivity (Wildman–Crippen MR) is 72.5 cm³/mol. The highest BCUT2D eigenvalue weighted by molar-refractivity contribution is 5.85. The lowest BCUT2D eigenvalue weighted by Gasteiger charge is -2.03. The maximum absolute atomic E-state index is 10.9. The van der Waals surface area contributed by atoms with Gasteiger partial charge in [-0.1, -0.05) is 27.7 Å². The van der Waals surface area contributed by atoms with Crippen molar-refractivity contribution in [2.24, 2.45) is 5.92 Å². The van der Waals surface area contributed by atoms with E-state index in [1.54, 1.807) is 6.92 Å². The van der Waals surface area contributed by atoms with Crippen molar-refractivity contribution in [1.82, 2.24) is 0 Å². The molecule has 0 heterocycles. The highest BCUT2D eigenvalue weighted by Gasteiger charge is 2.10. The monoisotopic (exact) mass is 288 g/mol. The standard InChI is InChI=1S/C9H16O3.C5H8O3/c1-4-5-8(10)12-9(11)6-7(2)3;1-3-5(7)8-4(2)6/h7H,4-6H2,1-3H3;3H2,1-2H3. The Morgan fingerprint density at radius 2 is 1.45 bits per heavy atom. The molecule has 0 aromatic heterocycles. The van der Waals surface area contributed by atoms with Crippen molar-refractivity contribution in [3.05, 3.63) is 0 Å². The summed E-state index contributed by atoms with van der Waals surface area (Å²) in [5, 5.41) is 0. The van der Waals surface area contributed by atoms with Crippen LogP contribution in [0.25, 0.3) is 0 Å². The normalized spacial score (nSPS) is 9.30. The minimum absolute atomic E-state index is 0.243. The first-order chi connectivity index (χ1) is 9.22. The van der Waals surface area contributed by atoms with Crippen LogP contribution in [0.1, 0.15) is 60.3 Å². The summed E-state index contributed by atoms with van der Waals surface area (Å²) in [5.41, 5.74) is 0. The van der Waals surface area contributed by atoms with Gasteiger partial charge in [0, 0.05) is 26.2 Å². The van der Waals surface area contributed by atoms with Crippen molar-refractivity contribution >= 4 is 23.9 Å². The van der Waals surface area contributed by atoms with Gasteiger partial charge in [0.2, 0.25) is 0 Å². The molecule has 0 spiro atoms. The Kier molecular flexibility index (Phi) is 12.7. The molecule has 0 saturated carbocycles. The molecule has 0 aliphatic heterocycles. The van der Waals surface area contributed by atoms with E-state index >= 15 is 0 Å². The minimum Gasteiger partial charge on any atom is -0.393 e. The Bertz CT molecular complexity index is 333. The van der Waals surface area contributed by atoms with Crippen molar-refractivity contribution in [3.63, 3.8) is 0 Å². The first-order valence-electron chi connectivity index (χ1n) is 6.67. The van der Waals surface area contributed by atoms with Gasteiger partial charge in [0.05, 0.1) is 0 Å². The van der Waals surface area contributed by atoms with E-state index < -0.39 is 23.9 Å². The Morgan fingerprint density at radius 3 is 1.75 bits per heavy atom. The lowest BCUT2D eigenvalue weighted by Crippen LogP contribution is -2.13. The molecule has 0 aliphatic carbocycles. The second kappa shape index (κ2) is 12.3. The van der Waals surface area contributed by atoms with Gasteiger partial charge in [0.25, 0.3) is 0 Å². The van der Waals surface area contributed by atoms with Crippen LogP contribution in [0.2, 0.25) is 0 Å². The smallest absolute Gasteiger partial charge is 0.313 e. The van der Waals surface area contributed by atoms with Gasteiger partial charge in [-0.2, -0.15) is 0 Å². The van der Waals surface area contributed by atoms with Gasteiger partial charge in [0.1, 0.15) is 0 Å². The maximum atomic E-state index is 10.9. The average molecular weight is 288 g/mol. The Labute approximate surface area is 119 Å². The van der Waals surface area contributed by atoms with Crippen molar-refractivity contribution in [2.75, 3.05) is 0 Å². The van der Waals surface area contributed by atoms with E-state index in [-0.39, 0.29) is 12.3 Å². The van der Waals surface area contributed by atoms with Gasteiger partial charge in [-0.15, -0.1) is 0 Å². The van der Waals surface area contributed by atoms with Crippen LogP contribution in [-0.2, 0) is 28.7 Å². The summed E-state index contributed by atoms with van der Waals surface area (Å²) in [6.07, 6.45) is 1.60. The zero-order chi connectivity index (χ0) is 16.1. The average Bonchev–Trinajstić information content (AvgIpc) is 2.27. The van der Waals surface area contributed by atoms with E-state index in [1.807, 2.05) is 20.8 Å². The zero-order valence-electron chi connectivity index (χ0n) is 12.9. The van der Waals surface area contributed by atoms with E-state index in [0.29, 0.717) is 19.3 Å². The number of esters is 4. The van der Waals surface area contributed by atoms with Crippen LogP contribution in [0.5, 0.6) is 0 Å². The second-order valence-corrected chi connectivity index (χ2v) is 4.51. The summed E-state index contributed by atoms with van der Waals surface area (Å²) >= 11 is 0. The van der Waals surface area contributed by atoms with Crippen LogP contribution in [0, 0.1) is 5.92 Å². The van der Waals surface area contributed by atoms with E-state index in [9.17, 15) is 19.2 Å². The summed E-state index contributed by atoms with van der Waals surface area (Å²) in [6, 6.07) is 0. The summed E-state index contributed by atoms with van der Waals surface area (Å²) in [6.45, 7) is 8.52. The molecule has 0 fully saturated rings. The van der Waals surface area contributed by atoms with E-state index in [4.69, 9.17) is 0 Å². The van der Waals surface area contributed by atoms with E-state index in [0.717, 1.165) is 0 Å². The Hall–Kier alpha value is -1.72. The molecule has 0 rings (SSSR count). The summed E-state index contributed by atoms with van der Waals surface area (Å²) < 4.78 is 8.65. The molecule has 0 atom stereocenters. The number of rotatable bonds is 5. The summed E-state index contributed by atoms with van der Waals surface area (Å²) in [4.78, 5) is 41.8. The minimum atomic E-state index is -0.545. The van der Waals surface area contributed by atoms with E-state index in [2.05, 4.69) is 9.47 Å². The molecule has 0 amide bonds. The van der Waals surface area contributed by atoms with Crippen LogP contribution in [0.15, 0.2) is 0 Å². The molecular formula is C14H24O6. The van der Waals surface area contributed by atoms with Crippen LogP contribution < -0.4 is 0 Å². The highest BCUT2D eigenvalue weighted by Crippen LogP contribution is 2.02. The molecule has 6 heteroatoms. The number of carbonyl (C=O) groups excluding carboxylic acids is 4. The molecule has 0 unspecified atom stereocenters. The SMILES string of the molecule is CCC(=O)OC(C)=O.CCCC(=O)OC(=O)CC(C)C. The van der Waals surface area contributed by atoms with Crippen LogP contribution in [0.4, 0.5) is 0 Å². The third-order valence-electron chi connectivity index (χ3n) is 1.80. The van der Waals surface area contributed by atoms with Crippen molar-refractivity contribution in [1.29, 1.82) is 0 Å². The fraction of sp³-hybridized carbons (Fsp3) is 0.714. The number of hydrogen-bond acceptors (Lipinski definition) is 6. The molecule has 6 nitrogen and oxygen atoms in total. The zero-order valence-corrected chi connectivity index (χ0v) is 12.9. The topological polar surface area (TPSA) is 86.7 Å². The van der Waals surface area contributed by atoms with Gasteiger partial charge in [-0.25, -0.2) is 0 Å². The molecule has 20 heavy (non-hydrogen) atoms. The van der Waals surface area contributed by atoms with Crippen LogP contribution in [-0.4, -0.2) is 23.9 Å². The molecule has 0 bridgehead atoms. The Morgan fingerprint density at radius 1 is 0.900 bits per heavy atom. The van der Waals surface area contributed by atoms with Gasteiger partial charge < -0.3 is 9.47 Å². The lowest BCUT2D eigenvalue weighted by molar-refractivity contribution is -0.161. The van der Waals surface area contributed by atoms with Gasteiger partial charge in [0.15, 0.2) is 0 Å². The largest absolute Gasteiger partial charge is 0.393 e. The first-order valence-corrected chi connectivity index (χ1v) is 6.67. The molecule has 0 aromatic carbocycles.